The number of ether oxygens (including phenoxy) is 1. The van der Waals surface area contributed by atoms with E-state index in [1.165, 1.54) is 0 Å². The maximum atomic E-state index is 12.3. The molecule has 0 aromatic carbocycles. The van der Waals surface area contributed by atoms with Crippen LogP contribution in [0, 0.1) is 28.6 Å². The van der Waals surface area contributed by atoms with Crippen LogP contribution in [0.3, 0.4) is 0 Å². The zero-order valence-electron chi connectivity index (χ0n) is 17.6. The van der Waals surface area contributed by atoms with Crippen LogP contribution in [0.1, 0.15) is 46.0 Å². The lowest BCUT2D eigenvalue weighted by atomic mass is 9.41. The third-order valence-electron chi connectivity index (χ3n) is 10.9. The molecule has 7 bridgehead atoms. The summed E-state index contributed by atoms with van der Waals surface area (Å²) < 4.78 is 5.66. The first kappa shape index (κ1) is 19.4. The molecule has 0 aromatic heterocycles. The van der Waals surface area contributed by atoms with Gasteiger partial charge in [0.05, 0.1) is 24.4 Å². The first-order valence-electron chi connectivity index (χ1n) is 11.4. The van der Waals surface area contributed by atoms with Gasteiger partial charge in [0.15, 0.2) is 0 Å². The summed E-state index contributed by atoms with van der Waals surface area (Å²) in [5, 5.41) is 59.4. The number of rotatable bonds is 2. The van der Waals surface area contributed by atoms with Crippen LogP contribution in [0.15, 0.2) is 0 Å². The molecule has 164 valence electrons. The number of hydrogen-bond donors (Lipinski definition) is 5. The van der Waals surface area contributed by atoms with Crippen LogP contribution in [-0.4, -0.2) is 91.8 Å². The van der Waals surface area contributed by atoms with Crippen LogP contribution in [-0.2, 0) is 4.74 Å². The molecular weight excluding hydrogens is 374 g/mol. The first-order chi connectivity index (χ1) is 13.6. The van der Waals surface area contributed by atoms with Gasteiger partial charge in [-0.2, -0.15) is 0 Å². The Morgan fingerprint density at radius 3 is 2.48 bits per heavy atom. The van der Waals surface area contributed by atoms with Gasteiger partial charge >= 0.3 is 0 Å². The number of piperidine rings is 1. The van der Waals surface area contributed by atoms with Gasteiger partial charge in [0.1, 0.15) is 16.8 Å². The number of methoxy groups -OCH3 is 1. The van der Waals surface area contributed by atoms with Crippen molar-refractivity contribution in [3.05, 3.63) is 0 Å². The molecule has 5 N–H and O–H groups in total. The Bertz CT molecular complexity index is 766. The minimum atomic E-state index is -1.87. The van der Waals surface area contributed by atoms with Crippen molar-refractivity contribution in [2.45, 2.75) is 87.1 Å². The summed E-state index contributed by atoms with van der Waals surface area (Å²) in [4.78, 5) is 2.25. The molecule has 1 heterocycles. The smallest absolute Gasteiger partial charge is 0.129 e. The average Bonchev–Trinajstić information content (AvgIpc) is 3.04. The predicted octanol–water partition coefficient (Wildman–Crippen LogP) is -0.520. The van der Waals surface area contributed by atoms with Gasteiger partial charge in [0.2, 0.25) is 0 Å². The van der Waals surface area contributed by atoms with E-state index in [0.29, 0.717) is 25.8 Å². The normalized spacial score (nSPS) is 67.7. The van der Waals surface area contributed by atoms with Crippen molar-refractivity contribution in [1.82, 2.24) is 4.90 Å². The molecule has 6 fully saturated rings. The molecule has 1 spiro atoms. The lowest BCUT2D eigenvalue weighted by molar-refractivity contribution is -0.364. The number of likely N-dealkylation sites (tertiary alicyclic amines) is 1. The Balaban J connectivity index is 1.67. The van der Waals surface area contributed by atoms with Crippen LogP contribution in [0.2, 0.25) is 0 Å². The zero-order chi connectivity index (χ0) is 20.8. The number of hydrogen-bond acceptors (Lipinski definition) is 7. The standard InChI is InChI=1S/C22H35NO6/c1-4-23-10-18(2)6-5-15(24)21-13-7-11-12(29-3)8-20(27,22(13,28)16(11)25)19(26,17(21)23)9-14(18)21/h11-17,24-28H,4-10H2,1-3H3/t11-,12?,13+,14-,15?,16?,17?,18+,19?,20+,21-,22+/m1/s1. The van der Waals surface area contributed by atoms with Gasteiger partial charge < -0.3 is 30.3 Å². The summed E-state index contributed by atoms with van der Waals surface area (Å²) >= 11 is 0. The molecule has 5 aliphatic carbocycles. The van der Waals surface area contributed by atoms with Gasteiger partial charge in [-0.3, -0.25) is 4.90 Å². The number of aliphatic hydroxyl groups excluding tert-OH is 2. The molecule has 29 heavy (non-hydrogen) atoms. The monoisotopic (exact) mass is 409 g/mol. The Morgan fingerprint density at radius 1 is 1.10 bits per heavy atom. The molecule has 0 radical (unpaired) electrons. The summed E-state index contributed by atoms with van der Waals surface area (Å²) in [6, 6.07) is -0.426. The zero-order valence-corrected chi connectivity index (χ0v) is 17.6. The van der Waals surface area contributed by atoms with Crippen LogP contribution < -0.4 is 0 Å². The third kappa shape index (κ3) is 1.61. The van der Waals surface area contributed by atoms with E-state index in [4.69, 9.17) is 4.74 Å². The molecule has 0 amide bonds. The average molecular weight is 410 g/mol. The van der Waals surface area contributed by atoms with E-state index in [2.05, 4.69) is 18.7 Å². The largest absolute Gasteiger partial charge is 0.392 e. The molecular formula is C22H35NO6. The summed E-state index contributed by atoms with van der Waals surface area (Å²) in [5.74, 6) is -0.766. The Hall–Kier alpha value is -0.280. The van der Waals surface area contributed by atoms with Crippen molar-refractivity contribution >= 4 is 0 Å². The van der Waals surface area contributed by atoms with Crippen LogP contribution in [0.25, 0.3) is 0 Å². The molecule has 7 nitrogen and oxygen atoms in total. The molecule has 6 aliphatic rings. The highest BCUT2D eigenvalue weighted by Crippen LogP contribution is 2.80. The van der Waals surface area contributed by atoms with E-state index >= 15 is 0 Å². The molecule has 5 saturated carbocycles. The number of nitrogens with zero attached hydrogens (tertiary/aromatic N) is 1. The molecule has 7 heteroatoms. The third-order valence-corrected chi connectivity index (χ3v) is 10.9. The van der Waals surface area contributed by atoms with Crippen molar-refractivity contribution in [3.8, 4) is 0 Å². The lowest BCUT2D eigenvalue weighted by Gasteiger charge is -2.71. The number of aliphatic hydroxyl groups is 5. The molecule has 6 rings (SSSR count). The minimum Gasteiger partial charge on any atom is -0.392 e. The maximum Gasteiger partial charge on any atom is 0.129 e. The summed E-state index contributed by atoms with van der Waals surface area (Å²) in [7, 11) is 1.57. The second-order valence-electron chi connectivity index (χ2n) is 11.4. The van der Waals surface area contributed by atoms with Crippen LogP contribution >= 0.6 is 0 Å². The quantitative estimate of drug-likeness (QED) is 0.417. The highest BCUT2D eigenvalue weighted by atomic mass is 16.5. The fourth-order valence-electron chi connectivity index (χ4n) is 10.1. The fraction of sp³-hybridized carbons (Fsp3) is 1.00. The van der Waals surface area contributed by atoms with Crippen LogP contribution in [0.5, 0.6) is 0 Å². The molecule has 1 aliphatic heterocycles. The molecule has 0 aromatic rings. The van der Waals surface area contributed by atoms with E-state index in [-0.39, 0.29) is 23.7 Å². The summed E-state index contributed by atoms with van der Waals surface area (Å²) in [5.41, 5.74) is -6.12. The minimum absolute atomic E-state index is 0.00662. The van der Waals surface area contributed by atoms with E-state index < -0.39 is 52.5 Å². The topological polar surface area (TPSA) is 114 Å². The van der Waals surface area contributed by atoms with Gasteiger partial charge in [-0.25, -0.2) is 0 Å². The van der Waals surface area contributed by atoms with Gasteiger partial charge in [-0.15, -0.1) is 0 Å². The first-order valence-corrected chi connectivity index (χ1v) is 11.4. The van der Waals surface area contributed by atoms with Gasteiger partial charge in [0.25, 0.3) is 0 Å². The molecule has 5 unspecified atom stereocenters. The van der Waals surface area contributed by atoms with Gasteiger partial charge in [-0.1, -0.05) is 13.8 Å². The predicted molar refractivity (Wildman–Crippen MR) is 103 cm³/mol. The second-order valence-corrected chi connectivity index (χ2v) is 11.4. The summed E-state index contributed by atoms with van der Waals surface area (Å²) in [6.45, 7) is 5.86. The van der Waals surface area contributed by atoms with Crippen molar-refractivity contribution < 1.29 is 30.3 Å². The van der Waals surface area contributed by atoms with Crippen molar-refractivity contribution in [2.75, 3.05) is 20.2 Å². The second kappa shape index (κ2) is 5.20. The van der Waals surface area contributed by atoms with E-state index in [1.807, 2.05) is 0 Å². The van der Waals surface area contributed by atoms with Crippen LogP contribution in [0.4, 0.5) is 0 Å². The van der Waals surface area contributed by atoms with E-state index in [1.54, 1.807) is 7.11 Å². The van der Waals surface area contributed by atoms with Gasteiger partial charge in [0, 0.05) is 37.3 Å². The van der Waals surface area contributed by atoms with Crippen molar-refractivity contribution in [1.29, 1.82) is 0 Å². The van der Waals surface area contributed by atoms with Gasteiger partial charge in [-0.05, 0) is 43.6 Å². The summed E-state index contributed by atoms with van der Waals surface area (Å²) in [6.07, 6.45) is 0.207. The highest BCUT2D eigenvalue weighted by Gasteiger charge is 2.91. The number of likely N-dealkylation sites (N-methyl/N-ethyl adjacent to an activating group) is 1. The van der Waals surface area contributed by atoms with E-state index in [9.17, 15) is 25.5 Å². The lowest BCUT2D eigenvalue weighted by Crippen LogP contribution is -2.87. The Labute approximate surface area is 171 Å². The number of fused-ring (bicyclic) bond motifs is 2. The van der Waals surface area contributed by atoms with Crippen molar-refractivity contribution in [2.24, 2.45) is 28.6 Å². The maximum absolute atomic E-state index is 12.3. The Morgan fingerprint density at radius 2 is 1.83 bits per heavy atom. The Kier molecular flexibility index (Phi) is 3.48. The molecule has 12 atom stereocenters. The van der Waals surface area contributed by atoms with E-state index in [0.717, 1.165) is 13.0 Å². The molecule has 1 saturated heterocycles. The SMILES string of the molecule is CCN1C[C@]2(C)CCC(O)[C@]34C1C(O)(C[C@H]23)[C@@]1(O)CC(OC)[C@H]2C[C@@H]4[C@]1(O)C2O. The fourth-order valence-corrected chi connectivity index (χ4v) is 10.1. The highest BCUT2D eigenvalue weighted by molar-refractivity contribution is 5.42. The van der Waals surface area contributed by atoms with Crippen molar-refractivity contribution in [3.63, 3.8) is 0 Å².